The number of aromatic nitrogens is 1. The Morgan fingerprint density at radius 3 is 2.92 bits per heavy atom. The van der Waals surface area contributed by atoms with E-state index in [4.69, 9.17) is 11.6 Å². The summed E-state index contributed by atoms with van der Waals surface area (Å²) in [4.78, 5) is 4.08. The molecule has 1 nitrogen and oxygen atoms in total. The third-order valence-corrected chi connectivity index (χ3v) is 2.64. The summed E-state index contributed by atoms with van der Waals surface area (Å²) < 4.78 is 13.6. The van der Waals surface area contributed by atoms with Crippen molar-refractivity contribution in [3.63, 3.8) is 0 Å². The quantitative estimate of drug-likeness (QED) is 0.702. The molecule has 4 heteroatoms. The van der Waals surface area contributed by atoms with Crippen LogP contribution in [0.15, 0.2) is 28.9 Å². The molecule has 66 valence electrons. The minimum Gasteiger partial charge on any atom is -0.255 e. The van der Waals surface area contributed by atoms with Crippen LogP contribution < -0.4 is 0 Å². The lowest BCUT2D eigenvalue weighted by molar-refractivity contribution is 0.629. The molecule has 0 amide bonds. The molecule has 13 heavy (non-hydrogen) atoms. The Hall–Kier alpha value is -0.670. The number of halogens is 3. The first-order valence-corrected chi connectivity index (χ1v) is 4.75. The van der Waals surface area contributed by atoms with Gasteiger partial charge in [-0.25, -0.2) is 4.39 Å². The van der Waals surface area contributed by atoms with Crippen molar-refractivity contribution in [2.75, 3.05) is 0 Å². The fourth-order valence-corrected chi connectivity index (χ4v) is 1.88. The van der Waals surface area contributed by atoms with E-state index >= 15 is 0 Å². The number of nitrogens with zero attached hydrogens (tertiary/aromatic N) is 1. The second-order valence-electron chi connectivity index (χ2n) is 2.58. The first-order valence-electron chi connectivity index (χ1n) is 3.58. The fourth-order valence-electron chi connectivity index (χ4n) is 1.15. The maximum Gasteiger partial charge on any atom is 0.125 e. The molecule has 1 heterocycles. The van der Waals surface area contributed by atoms with Crippen LogP contribution in [0.1, 0.15) is 0 Å². The third-order valence-electron chi connectivity index (χ3n) is 1.71. The molecule has 2 rings (SSSR count). The molecule has 0 N–H and O–H groups in total. The summed E-state index contributed by atoms with van der Waals surface area (Å²) in [6, 6.07) is 4.37. The zero-order chi connectivity index (χ0) is 9.42. The van der Waals surface area contributed by atoms with Gasteiger partial charge < -0.3 is 0 Å². The standard InChI is InChI=1S/C9H4BrClFN/c10-7-4-5(12)3-6-8(11)1-2-13-9(6)7/h1-4H. The number of hydrogen-bond acceptors (Lipinski definition) is 1. The summed E-state index contributed by atoms with van der Waals surface area (Å²) in [6.45, 7) is 0. The zero-order valence-corrected chi connectivity index (χ0v) is 8.73. The maximum atomic E-state index is 13.0. The molecule has 0 aliphatic heterocycles. The number of hydrogen-bond donors (Lipinski definition) is 0. The first-order chi connectivity index (χ1) is 6.18. The molecule has 0 unspecified atom stereocenters. The molecular formula is C9H4BrClFN. The van der Waals surface area contributed by atoms with Gasteiger partial charge in [0.05, 0.1) is 10.5 Å². The topological polar surface area (TPSA) is 12.9 Å². The highest BCUT2D eigenvalue weighted by molar-refractivity contribution is 9.10. The van der Waals surface area contributed by atoms with Crippen LogP contribution in [0.25, 0.3) is 10.9 Å². The van der Waals surface area contributed by atoms with Gasteiger partial charge >= 0.3 is 0 Å². The van der Waals surface area contributed by atoms with Crippen LogP contribution >= 0.6 is 27.5 Å². The van der Waals surface area contributed by atoms with Gasteiger partial charge in [-0.15, -0.1) is 0 Å². The average Bonchev–Trinajstić information content (AvgIpc) is 2.07. The highest BCUT2D eigenvalue weighted by Crippen LogP contribution is 2.28. The predicted molar refractivity (Wildman–Crippen MR) is 54.4 cm³/mol. The van der Waals surface area contributed by atoms with Crippen molar-refractivity contribution in [1.82, 2.24) is 4.98 Å². The van der Waals surface area contributed by atoms with E-state index in [1.807, 2.05) is 0 Å². The minimum absolute atomic E-state index is 0.325. The smallest absolute Gasteiger partial charge is 0.125 e. The van der Waals surface area contributed by atoms with Gasteiger partial charge in [-0.3, -0.25) is 4.98 Å². The number of pyridine rings is 1. The maximum absolute atomic E-state index is 13.0. The van der Waals surface area contributed by atoms with E-state index in [1.165, 1.54) is 12.1 Å². The van der Waals surface area contributed by atoms with Crippen molar-refractivity contribution in [1.29, 1.82) is 0 Å². The van der Waals surface area contributed by atoms with Crippen LogP contribution in [-0.2, 0) is 0 Å². The van der Waals surface area contributed by atoms with Crippen molar-refractivity contribution < 1.29 is 4.39 Å². The monoisotopic (exact) mass is 259 g/mol. The van der Waals surface area contributed by atoms with Crippen molar-refractivity contribution in [3.05, 3.63) is 39.7 Å². The van der Waals surface area contributed by atoms with E-state index in [-0.39, 0.29) is 5.82 Å². The van der Waals surface area contributed by atoms with Crippen molar-refractivity contribution in [3.8, 4) is 0 Å². The van der Waals surface area contributed by atoms with Gasteiger partial charge in [0.1, 0.15) is 5.82 Å². The van der Waals surface area contributed by atoms with Gasteiger partial charge in [-0.1, -0.05) is 11.6 Å². The summed E-state index contributed by atoms with van der Waals surface area (Å²) in [5, 5.41) is 1.13. The first kappa shape index (κ1) is 8.91. The van der Waals surface area contributed by atoms with Crippen LogP contribution in [0.4, 0.5) is 4.39 Å². The Morgan fingerprint density at radius 1 is 1.38 bits per heavy atom. The van der Waals surface area contributed by atoms with E-state index in [1.54, 1.807) is 12.3 Å². The molecule has 0 fully saturated rings. The van der Waals surface area contributed by atoms with Gasteiger partial charge in [-0.05, 0) is 34.1 Å². The van der Waals surface area contributed by atoms with Crippen LogP contribution in [0.2, 0.25) is 5.02 Å². The van der Waals surface area contributed by atoms with Gasteiger partial charge in [0.15, 0.2) is 0 Å². The Morgan fingerprint density at radius 2 is 2.15 bits per heavy atom. The molecule has 0 bridgehead atoms. The number of rotatable bonds is 0. The second kappa shape index (κ2) is 3.24. The molecule has 0 saturated heterocycles. The van der Waals surface area contributed by atoms with Gasteiger partial charge in [0.2, 0.25) is 0 Å². The Kier molecular flexibility index (Phi) is 2.22. The fraction of sp³-hybridized carbons (Fsp3) is 0. The molecule has 0 aliphatic rings. The Bertz CT molecular complexity index is 472. The van der Waals surface area contributed by atoms with Crippen LogP contribution in [-0.4, -0.2) is 4.98 Å². The SMILES string of the molecule is Fc1cc(Br)c2nccc(Cl)c2c1. The molecule has 0 saturated carbocycles. The summed E-state index contributed by atoms with van der Waals surface area (Å²) in [6.07, 6.45) is 1.59. The number of fused-ring (bicyclic) bond motifs is 1. The van der Waals surface area contributed by atoms with Gasteiger partial charge in [0, 0.05) is 16.1 Å². The molecule has 0 atom stereocenters. The van der Waals surface area contributed by atoms with E-state index in [2.05, 4.69) is 20.9 Å². The molecule has 2 aromatic rings. The summed E-state index contributed by atoms with van der Waals surface area (Å²) in [5.74, 6) is -0.325. The largest absolute Gasteiger partial charge is 0.255 e. The van der Waals surface area contributed by atoms with Crippen LogP contribution in [0.5, 0.6) is 0 Å². The molecule has 0 aliphatic carbocycles. The van der Waals surface area contributed by atoms with Crippen LogP contribution in [0, 0.1) is 5.82 Å². The third kappa shape index (κ3) is 1.54. The zero-order valence-electron chi connectivity index (χ0n) is 6.39. The molecular weight excluding hydrogens is 256 g/mol. The van der Waals surface area contributed by atoms with Crippen molar-refractivity contribution >= 4 is 38.4 Å². The lowest BCUT2D eigenvalue weighted by atomic mass is 10.2. The van der Waals surface area contributed by atoms with E-state index in [0.29, 0.717) is 20.4 Å². The van der Waals surface area contributed by atoms with E-state index in [0.717, 1.165) is 0 Å². The van der Waals surface area contributed by atoms with Gasteiger partial charge in [-0.2, -0.15) is 0 Å². The lowest BCUT2D eigenvalue weighted by Crippen LogP contribution is -1.83. The lowest BCUT2D eigenvalue weighted by Gasteiger charge is -2.01. The highest BCUT2D eigenvalue weighted by atomic mass is 79.9. The molecule has 0 radical (unpaired) electrons. The Labute approximate surface area is 87.7 Å². The van der Waals surface area contributed by atoms with Gasteiger partial charge in [0.25, 0.3) is 0 Å². The van der Waals surface area contributed by atoms with Crippen molar-refractivity contribution in [2.24, 2.45) is 0 Å². The predicted octanol–water partition coefficient (Wildman–Crippen LogP) is 3.79. The average molecular weight is 260 g/mol. The summed E-state index contributed by atoms with van der Waals surface area (Å²) in [7, 11) is 0. The number of benzene rings is 1. The van der Waals surface area contributed by atoms with E-state index in [9.17, 15) is 4.39 Å². The van der Waals surface area contributed by atoms with Crippen molar-refractivity contribution in [2.45, 2.75) is 0 Å². The Balaban J connectivity index is 2.94. The highest BCUT2D eigenvalue weighted by Gasteiger charge is 2.05. The van der Waals surface area contributed by atoms with Crippen LogP contribution in [0.3, 0.4) is 0 Å². The minimum atomic E-state index is -0.325. The molecule has 1 aromatic heterocycles. The van der Waals surface area contributed by atoms with E-state index < -0.39 is 0 Å². The summed E-state index contributed by atoms with van der Waals surface area (Å²) in [5.41, 5.74) is 0.675. The molecule has 0 spiro atoms. The normalized spacial score (nSPS) is 10.7. The molecule has 1 aromatic carbocycles. The summed E-state index contributed by atoms with van der Waals surface area (Å²) >= 11 is 9.09. The second-order valence-corrected chi connectivity index (χ2v) is 3.84.